The Balaban J connectivity index is 1.98. The molecule has 0 atom stereocenters. The second-order valence-corrected chi connectivity index (χ2v) is 4.90. The van der Waals surface area contributed by atoms with E-state index in [0.717, 1.165) is 10.8 Å². The first-order chi connectivity index (χ1) is 11.2. The largest absolute Gasteiger partial charge is 0.465 e. The molecule has 0 unspecified atom stereocenters. The van der Waals surface area contributed by atoms with Gasteiger partial charge >= 0.3 is 11.9 Å². The molecule has 0 fully saturated rings. The van der Waals surface area contributed by atoms with Crippen LogP contribution in [-0.2, 0) is 4.74 Å². The molecule has 4 nitrogen and oxygen atoms in total. The maximum atomic E-state index is 12.5. The van der Waals surface area contributed by atoms with Crippen LogP contribution in [0.15, 0.2) is 66.7 Å². The number of carbonyl (C=O) groups is 2. The van der Waals surface area contributed by atoms with Crippen molar-refractivity contribution in [1.29, 1.82) is 0 Å². The molecule has 3 rings (SSSR count). The molecule has 0 saturated heterocycles. The van der Waals surface area contributed by atoms with Gasteiger partial charge in [-0.15, -0.1) is 0 Å². The topological polar surface area (TPSA) is 52.6 Å². The Morgan fingerprint density at radius 3 is 2.09 bits per heavy atom. The SMILES string of the molecule is COC(=O)c1ccccc1C(=O)Oc1cccc2ccccc12. The summed E-state index contributed by atoms with van der Waals surface area (Å²) in [5, 5.41) is 1.80. The Kier molecular flexibility index (Phi) is 4.06. The van der Waals surface area contributed by atoms with E-state index in [1.165, 1.54) is 13.2 Å². The van der Waals surface area contributed by atoms with Gasteiger partial charge in [-0.2, -0.15) is 0 Å². The van der Waals surface area contributed by atoms with Gasteiger partial charge in [0.25, 0.3) is 0 Å². The Bertz CT molecular complexity index is 878. The monoisotopic (exact) mass is 306 g/mol. The van der Waals surface area contributed by atoms with E-state index in [1.54, 1.807) is 24.3 Å². The zero-order valence-corrected chi connectivity index (χ0v) is 12.5. The lowest BCUT2D eigenvalue weighted by Crippen LogP contribution is -2.15. The number of fused-ring (bicyclic) bond motifs is 1. The van der Waals surface area contributed by atoms with Gasteiger partial charge in [-0.1, -0.05) is 48.5 Å². The van der Waals surface area contributed by atoms with E-state index in [0.29, 0.717) is 5.75 Å². The van der Waals surface area contributed by atoms with Crippen LogP contribution in [0.2, 0.25) is 0 Å². The van der Waals surface area contributed by atoms with Crippen molar-refractivity contribution in [3.8, 4) is 5.75 Å². The van der Waals surface area contributed by atoms with Crippen LogP contribution in [-0.4, -0.2) is 19.0 Å². The number of hydrogen-bond acceptors (Lipinski definition) is 4. The van der Waals surface area contributed by atoms with Gasteiger partial charge in [0.05, 0.1) is 18.2 Å². The highest BCUT2D eigenvalue weighted by molar-refractivity contribution is 6.04. The standard InChI is InChI=1S/C19H14O4/c1-22-18(20)15-10-4-5-11-16(15)19(21)23-17-12-6-8-13-7-2-3-9-14(13)17/h2-12H,1H3. The molecule has 0 aliphatic carbocycles. The normalized spacial score (nSPS) is 10.3. The molecule has 23 heavy (non-hydrogen) atoms. The highest BCUT2D eigenvalue weighted by Crippen LogP contribution is 2.26. The smallest absolute Gasteiger partial charge is 0.344 e. The van der Waals surface area contributed by atoms with Gasteiger partial charge in [0.1, 0.15) is 5.75 Å². The summed E-state index contributed by atoms with van der Waals surface area (Å²) >= 11 is 0. The third-order valence-electron chi connectivity index (χ3n) is 3.50. The van der Waals surface area contributed by atoms with Crippen molar-refractivity contribution in [3.05, 3.63) is 77.9 Å². The van der Waals surface area contributed by atoms with Crippen LogP contribution in [0.1, 0.15) is 20.7 Å². The second kappa shape index (κ2) is 6.32. The van der Waals surface area contributed by atoms with Gasteiger partial charge in [0, 0.05) is 5.39 Å². The van der Waals surface area contributed by atoms with Crippen molar-refractivity contribution in [2.45, 2.75) is 0 Å². The van der Waals surface area contributed by atoms with E-state index >= 15 is 0 Å². The highest BCUT2D eigenvalue weighted by atomic mass is 16.5. The fourth-order valence-corrected chi connectivity index (χ4v) is 2.39. The Morgan fingerprint density at radius 1 is 0.739 bits per heavy atom. The minimum atomic E-state index is -0.595. The van der Waals surface area contributed by atoms with Crippen molar-refractivity contribution in [2.75, 3.05) is 7.11 Å². The molecule has 4 heteroatoms. The average molecular weight is 306 g/mol. The molecule has 0 aromatic heterocycles. The molecule has 0 bridgehead atoms. The molecule has 0 heterocycles. The predicted octanol–water partition coefficient (Wildman–Crippen LogP) is 3.85. The van der Waals surface area contributed by atoms with E-state index in [-0.39, 0.29) is 11.1 Å². The molecule has 0 aliphatic heterocycles. The number of carbonyl (C=O) groups excluding carboxylic acids is 2. The van der Waals surface area contributed by atoms with Crippen molar-refractivity contribution in [2.24, 2.45) is 0 Å². The highest BCUT2D eigenvalue weighted by Gasteiger charge is 2.19. The van der Waals surface area contributed by atoms with Crippen LogP contribution in [0.25, 0.3) is 10.8 Å². The van der Waals surface area contributed by atoms with Gasteiger partial charge in [0.2, 0.25) is 0 Å². The summed E-state index contributed by atoms with van der Waals surface area (Å²) in [6.45, 7) is 0. The first-order valence-corrected chi connectivity index (χ1v) is 7.08. The van der Waals surface area contributed by atoms with Crippen molar-refractivity contribution in [1.82, 2.24) is 0 Å². The Hall–Kier alpha value is -3.14. The van der Waals surface area contributed by atoms with Crippen LogP contribution in [0.5, 0.6) is 5.75 Å². The van der Waals surface area contributed by atoms with E-state index in [1.807, 2.05) is 36.4 Å². The maximum absolute atomic E-state index is 12.5. The van der Waals surface area contributed by atoms with Gasteiger partial charge in [-0.3, -0.25) is 0 Å². The lowest BCUT2D eigenvalue weighted by molar-refractivity contribution is 0.0587. The Labute approximate surface area is 133 Å². The van der Waals surface area contributed by atoms with Gasteiger partial charge < -0.3 is 9.47 Å². The fourth-order valence-electron chi connectivity index (χ4n) is 2.39. The molecule has 3 aromatic rings. The lowest BCUT2D eigenvalue weighted by atomic mass is 10.1. The van der Waals surface area contributed by atoms with Crippen LogP contribution >= 0.6 is 0 Å². The fraction of sp³-hybridized carbons (Fsp3) is 0.0526. The first kappa shape index (κ1) is 14.8. The molecule has 0 N–H and O–H groups in total. The van der Waals surface area contributed by atoms with Crippen LogP contribution in [0.4, 0.5) is 0 Å². The minimum Gasteiger partial charge on any atom is -0.465 e. The van der Waals surface area contributed by atoms with E-state index in [2.05, 4.69) is 0 Å². The van der Waals surface area contributed by atoms with Crippen molar-refractivity contribution in [3.63, 3.8) is 0 Å². The summed E-state index contributed by atoms with van der Waals surface area (Å²) < 4.78 is 10.2. The quantitative estimate of drug-likeness (QED) is 0.545. The summed E-state index contributed by atoms with van der Waals surface area (Å²) in [7, 11) is 1.27. The van der Waals surface area contributed by atoms with Crippen LogP contribution < -0.4 is 4.74 Å². The van der Waals surface area contributed by atoms with Crippen molar-refractivity contribution < 1.29 is 19.1 Å². The van der Waals surface area contributed by atoms with E-state index in [9.17, 15) is 9.59 Å². The summed E-state index contributed by atoms with van der Waals surface area (Å²) in [6.07, 6.45) is 0. The molecule has 0 aliphatic rings. The van der Waals surface area contributed by atoms with Crippen molar-refractivity contribution >= 4 is 22.7 Å². The Morgan fingerprint density at radius 2 is 1.35 bits per heavy atom. The molecule has 0 saturated carbocycles. The minimum absolute atomic E-state index is 0.173. The third-order valence-corrected chi connectivity index (χ3v) is 3.50. The summed E-state index contributed by atoms with van der Waals surface area (Å²) in [6, 6.07) is 19.5. The van der Waals surface area contributed by atoms with E-state index in [4.69, 9.17) is 9.47 Å². The summed E-state index contributed by atoms with van der Waals surface area (Å²) in [5.74, 6) is -0.717. The first-order valence-electron chi connectivity index (χ1n) is 7.08. The van der Waals surface area contributed by atoms with Crippen LogP contribution in [0.3, 0.4) is 0 Å². The van der Waals surface area contributed by atoms with Gasteiger partial charge in [0.15, 0.2) is 0 Å². The predicted molar refractivity (Wildman–Crippen MR) is 86.7 cm³/mol. The number of methoxy groups -OCH3 is 1. The zero-order valence-electron chi connectivity index (χ0n) is 12.5. The van der Waals surface area contributed by atoms with Crippen LogP contribution in [0, 0.1) is 0 Å². The third kappa shape index (κ3) is 2.92. The average Bonchev–Trinajstić information content (AvgIpc) is 2.61. The number of benzene rings is 3. The molecular formula is C19H14O4. The number of ether oxygens (including phenoxy) is 2. The number of hydrogen-bond donors (Lipinski definition) is 0. The zero-order chi connectivity index (χ0) is 16.2. The molecular weight excluding hydrogens is 292 g/mol. The summed E-state index contributed by atoms with van der Waals surface area (Å²) in [5.41, 5.74) is 0.354. The molecule has 114 valence electrons. The van der Waals surface area contributed by atoms with Gasteiger partial charge in [-0.25, -0.2) is 9.59 Å². The molecule has 0 amide bonds. The maximum Gasteiger partial charge on any atom is 0.344 e. The molecule has 0 spiro atoms. The number of esters is 2. The lowest BCUT2D eigenvalue weighted by Gasteiger charge is -2.10. The molecule has 0 radical (unpaired) electrons. The number of rotatable bonds is 3. The second-order valence-electron chi connectivity index (χ2n) is 4.90. The summed E-state index contributed by atoms with van der Waals surface area (Å²) in [4.78, 5) is 24.2. The van der Waals surface area contributed by atoms with E-state index < -0.39 is 11.9 Å². The van der Waals surface area contributed by atoms with Gasteiger partial charge in [-0.05, 0) is 23.6 Å². The molecule has 3 aromatic carbocycles.